The lowest BCUT2D eigenvalue weighted by Crippen LogP contribution is -2.64. The van der Waals surface area contributed by atoms with Crippen LogP contribution in [0.4, 0.5) is 10.7 Å². The van der Waals surface area contributed by atoms with Gasteiger partial charge < -0.3 is 14.4 Å². The van der Waals surface area contributed by atoms with Gasteiger partial charge in [0.05, 0.1) is 23.3 Å². The summed E-state index contributed by atoms with van der Waals surface area (Å²) in [5, 5.41) is 0. The zero-order chi connectivity index (χ0) is 36.2. The van der Waals surface area contributed by atoms with Crippen molar-refractivity contribution in [3.8, 4) is 18.2 Å². The van der Waals surface area contributed by atoms with Crippen LogP contribution in [0, 0.1) is 35.0 Å². The van der Waals surface area contributed by atoms with E-state index in [0.29, 0.717) is 42.8 Å². The Hall–Kier alpha value is -2.92. The van der Waals surface area contributed by atoms with Gasteiger partial charge in [-0.1, -0.05) is 24.1 Å². The van der Waals surface area contributed by atoms with Crippen LogP contribution in [0.15, 0.2) is 52.4 Å². The first-order chi connectivity index (χ1) is 23.5. The summed E-state index contributed by atoms with van der Waals surface area (Å²) in [7, 11) is 4.29. The predicted octanol–water partition coefficient (Wildman–Crippen LogP) is 6.21. The standard InChI is InChI=1S/C37H49BN4O5P2S/c1-7-23(5)31(24(6)8-2)29-15-30-40-33(39-29)41-50(44,45)28-11-9-10-25(14-28)32(27(19-46-30)18-36(12-13-36)37(38,48)49)26-16-35(17-26)20-42(21-35)34(43)47-22(3)4/h1,8-11,14-15,22,26-27,32H,12-13,16-21,38,48-49H2,2-6H3,(H,39,40,41)/b24-8-,31-23+. The summed E-state index contributed by atoms with van der Waals surface area (Å²) >= 11 is 0. The van der Waals surface area contributed by atoms with Gasteiger partial charge in [-0.05, 0) is 112 Å². The number of anilines is 1. The maximum absolute atomic E-state index is 14.0. The molecule has 1 spiro atoms. The molecule has 2 saturated carbocycles. The Morgan fingerprint density at radius 1 is 1.24 bits per heavy atom. The lowest BCUT2D eigenvalue weighted by atomic mass is 9.52. The number of likely N-dealkylation sites (tertiary alicyclic amines) is 1. The van der Waals surface area contributed by atoms with Crippen LogP contribution in [0.3, 0.4) is 0 Å². The third-order valence-electron chi connectivity index (χ3n) is 11.3. The van der Waals surface area contributed by atoms with Crippen LogP contribution in [0.25, 0.3) is 5.57 Å². The van der Waals surface area contributed by atoms with E-state index in [1.54, 1.807) is 17.0 Å². The first-order valence-electron chi connectivity index (χ1n) is 17.5. The molecular formula is C37H49BN4O5P2S. The Morgan fingerprint density at radius 3 is 2.54 bits per heavy atom. The average molecular weight is 735 g/mol. The smallest absolute Gasteiger partial charge is 0.410 e. The second-order valence-electron chi connectivity index (χ2n) is 15.5. The molecule has 266 valence electrons. The van der Waals surface area contributed by atoms with Crippen molar-refractivity contribution in [3.05, 3.63) is 58.8 Å². The lowest BCUT2D eigenvalue weighted by Gasteiger charge is -2.61. The molecule has 1 N–H and O–H groups in total. The third-order valence-corrected chi connectivity index (χ3v) is 13.9. The number of nitrogens with zero attached hydrogens (tertiary/aromatic N) is 3. The van der Waals surface area contributed by atoms with E-state index in [4.69, 9.17) is 15.9 Å². The first-order valence-corrected chi connectivity index (χ1v) is 20.1. The van der Waals surface area contributed by atoms with E-state index >= 15 is 0 Å². The molecule has 0 radical (unpaired) electrons. The quantitative estimate of drug-likeness (QED) is 0.156. The van der Waals surface area contributed by atoms with Crippen molar-refractivity contribution in [1.82, 2.24) is 14.9 Å². The molecule has 1 amide bonds. The number of amides is 1. The molecule has 6 rings (SSSR count). The number of sulfonamides is 1. The molecule has 2 aliphatic carbocycles. The number of fused-ring (bicyclic) bond motifs is 4. The van der Waals surface area contributed by atoms with Crippen molar-refractivity contribution in [2.45, 2.75) is 88.4 Å². The molecule has 4 atom stereocenters. The summed E-state index contributed by atoms with van der Waals surface area (Å²) in [6.07, 6.45) is 12.4. The maximum atomic E-state index is 14.0. The number of aromatic nitrogens is 2. The number of rotatable bonds is 7. The minimum atomic E-state index is -4.05. The van der Waals surface area contributed by atoms with Crippen molar-refractivity contribution in [2.75, 3.05) is 24.4 Å². The number of hydrogen-bond acceptors (Lipinski definition) is 7. The third kappa shape index (κ3) is 7.23. The first kappa shape index (κ1) is 36.9. The summed E-state index contributed by atoms with van der Waals surface area (Å²) in [5.41, 5.74) is 3.96. The second-order valence-corrected chi connectivity index (χ2v) is 20.3. The molecule has 4 unspecified atom stereocenters. The predicted molar refractivity (Wildman–Crippen MR) is 207 cm³/mol. The zero-order valence-corrected chi connectivity index (χ0v) is 33.1. The number of hydrogen-bond donors (Lipinski definition) is 1. The van der Waals surface area contributed by atoms with Crippen LogP contribution in [0.2, 0.25) is 0 Å². The van der Waals surface area contributed by atoms with Gasteiger partial charge in [0, 0.05) is 41.6 Å². The molecule has 3 fully saturated rings. The Balaban J connectivity index is 1.41. The molecule has 1 aromatic heterocycles. The van der Waals surface area contributed by atoms with Gasteiger partial charge in [-0.15, -0.1) is 24.9 Å². The van der Waals surface area contributed by atoms with Crippen LogP contribution in [0.5, 0.6) is 5.88 Å². The highest BCUT2D eigenvalue weighted by Gasteiger charge is 2.59. The molecule has 4 aliphatic rings. The van der Waals surface area contributed by atoms with E-state index < -0.39 is 10.0 Å². The van der Waals surface area contributed by atoms with Crippen molar-refractivity contribution >= 4 is 54.0 Å². The van der Waals surface area contributed by atoms with E-state index in [1.165, 1.54) is 0 Å². The van der Waals surface area contributed by atoms with E-state index in [-0.39, 0.29) is 50.5 Å². The molecule has 1 saturated heterocycles. The van der Waals surface area contributed by atoms with Crippen LogP contribution in [0.1, 0.15) is 83.9 Å². The molecule has 50 heavy (non-hydrogen) atoms. The van der Waals surface area contributed by atoms with Crippen LogP contribution < -0.4 is 9.46 Å². The van der Waals surface area contributed by atoms with Crippen molar-refractivity contribution < 1.29 is 22.7 Å². The minimum absolute atomic E-state index is 0.0341. The second kappa shape index (κ2) is 13.6. The fraction of sp³-hybridized carbons (Fsp3) is 0.541. The number of terminal acetylenes is 1. The minimum Gasteiger partial charge on any atom is -0.477 e. The van der Waals surface area contributed by atoms with Crippen LogP contribution >= 0.6 is 18.5 Å². The van der Waals surface area contributed by atoms with Gasteiger partial charge in [-0.2, -0.15) is 4.98 Å². The van der Waals surface area contributed by atoms with Crippen molar-refractivity contribution in [2.24, 2.45) is 22.7 Å². The zero-order valence-electron chi connectivity index (χ0n) is 30.0. The molecule has 2 aromatic rings. The van der Waals surface area contributed by atoms with Crippen molar-refractivity contribution in [1.29, 1.82) is 0 Å². The largest absolute Gasteiger partial charge is 0.477 e. The fourth-order valence-electron chi connectivity index (χ4n) is 8.41. The van der Waals surface area contributed by atoms with Gasteiger partial charge in [-0.25, -0.2) is 22.9 Å². The Morgan fingerprint density at radius 2 is 1.94 bits per heavy atom. The molecule has 3 heterocycles. The van der Waals surface area contributed by atoms with Gasteiger partial charge in [0.1, 0.15) is 7.85 Å². The van der Waals surface area contributed by atoms with Crippen LogP contribution in [-0.2, 0) is 14.8 Å². The number of ether oxygens (including phenoxy) is 2. The van der Waals surface area contributed by atoms with Gasteiger partial charge in [-0.3, -0.25) is 0 Å². The molecule has 1 aromatic carbocycles. The van der Waals surface area contributed by atoms with Crippen molar-refractivity contribution in [3.63, 3.8) is 0 Å². The molecule has 4 bridgehead atoms. The number of carbonyl (C=O) groups excluding carboxylic acids is 1. The van der Waals surface area contributed by atoms with E-state index in [9.17, 15) is 13.2 Å². The Kier molecular flexibility index (Phi) is 10.0. The normalized spacial score (nSPS) is 24.2. The topological polar surface area (TPSA) is 111 Å². The van der Waals surface area contributed by atoms with Gasteiger partial charge in [0.25, 0.3) is 10.0 Å². The summed E-state index contributed by atoms with van der Waals surface area (Å²) in [6.45, 7) is 11.2. The molecule has 9 nitrogen and oxygen atoms in total. The van der Waals surface area contributed by atoms with Gasteiger partial charge in [0.15, 0.2) is 0 Å². The SMILES string of the molecule is BC(P)(P)C1(CC2COc3cc(C(/C(C)=C\C)=C(\C)C#C)nc(n3)NS(=O)(=O)c3cccc(c3)C2C2CC3(C2)CN(C(=O)OC(C)C)C3)CC1. The molecule has 13 heteroatoms. The Labute approximate surface area is 303 Å². The number of nitrogens with one attached hydrogen (secondary N) is 1. The van der Waals surface area contributed by atoms with Gasteiger partial charge in [0.2, 0.25) is 11.8 Å². The number of allylic oxidation sites excluding steroid dienone is 4. The summed E-state index contributed by atoms with van der Waals surface area (Å²) in [5.74, 6) is 3.33. The van der Waals surface area contributed by atoms with E-state index in [2.05, 4.69) is 53.0 Å². The lowest BCUT2D eigenvalue weighted by molar-refractivity contribution is -0.101. The highest BCUT2D eigenvalue weighted by Crippen LogP contribution is 2.65. The average Bonchev–Trinajstić information content (AvgIpc) is 3.80. The number of carbonyl (C=O) groups is 1. The van der Waals surface area contributed by atoms with E-state index in [1.807, 2.05) is 52.8 Å². The molecular weight excluding hydrogens is 685 g/mol. The fourth-order valence-corrected chi connectivity index (χ4v) is 10.2. The maximum Gasteiger partial charge on any atom is 0.410 e. The molecule has 2 aliphatic heterocycles. The Bertz CT molecular complexity index is 1880. The van der Waals surface area contributed by atoms with Crippen LogP contribution in [-0.4, -0.2) is 67.8 Å². The highest BCUT2D eigenvalue weighted by atomic mass is 32.2. The number of benzene rings is 1. The summed E-state index contributed by atoms with van der Waals surface area (Å²) < 4.78 is 42.6. The van der Waals surface area contributed by atoms with E-state index in [0.717, 1.165) is 48.8 Å². The van der Waals surface area contributed by atoms with Gasteiger partial charge >= 0.3 is 6.09 Å². The summed E-state index contributed by atoms with van der Waals surface area (Å²) in [6, 6.07) is 9.11. The highest BCUT2D eigenvalue weighted by molar-refractivity contribution is 7.92. The summed E-state index contributed by atoms with van der Waals surface area (Å²) in [4.78, 5) is 23.7. The monoisotopic (exact) mass is 734 g/mol.